The van der Waals surface area contributed by atoms with Crippen molar-refractivity contribution in [3.8, 4) is 17.2 Å². The van der Waals surface area contributed by atoms with Gasteiger partial charge in [-0.05, 0) is 45.4 Å². The second-order valence-corrected chi connectivity index (χ2v) is 7.86. The average molecular weight is 383 g/mol. The molecule has 0 saturated heterocycles. The molecular formula is C23H29NO4. The van der Waals surface area contributed by atoms with E-state index in [4.69, 9.17) is 14.2 Å². The molecule has 5 heteroatoms. The fourth-order valence-corrected chi connectivity index (χ4v) is 3.53. The van der Waals surface area contributed by atoms with Gasteiger partial charge in [0.15, 0.2) is 6.10 Å². The zero-order chi connectivity index (χ0) is 20.3. The van der Waals surface area contributed by atoms with E-state index in [-0.39, 0.29) is 17.6 Å². The Kier molecular flexibility index (Phi) is 5.82. The topological polar surface area (TPSA) is 56.8 Å². The first-order chi connectivity index (χ1) is 13.3. The highest BCUT2D eigenvalue weighted by atomic mass is 16.5. The van der Waals surface area contributed by atoms with Gasteiger partial charge in [-0.2, -0.15) is 0 Å². The lowest BCUT2D eigenvalue weighted by molar-refractivity contribution is -0.129. The van der Waals surface area contributed by atoms with Crippen LogP contribution in [-0.4, -0.2) is 24.7 Å². The Morgan fingerprint density at radius 3 is 2.71 bits per heavy atom. The summed E-state index contributed by atoms with van der Waals surface area (Å²) in [4.78, 5) is 13.0. The fourth-order valence-electron chi connectivity index (χ4n) is 3.53. The molecule has 2 aromatic rings. The Morgan fingerprint density at radius 1 is 1.25 bits per heavy atom. The molecule has 1 aliphatic rings. The van der Waals surface area contributed by atoms with Gasteiger partial charge in [-0.3, -0.25) is 4.79 Å². The quantitative estimate of drug-likeness (QED) is 0.793. The van der Waals surface area contributed by atoms with E-state index in [0.29, 0.717) is 24.3 Å². The second kappa shape index (κ2) is 8.13. The van der Waals surface area contributed by atoms with E-state index in [9.17, 15) is 4.79 Å². The van der Waals surface area contributed by atoms with Crippen molar-refractivity contribution in [2.45, 2.75) is 58.3 Å². The van der Waals surface area contributed by atoms with Gasteiger partial charge in [0.1, 0.15) is 22.8 Å². The number of hydrogen-bond acceptors (Lipinski definition) is 4. The summed E-state index contributed by atoms with van der Waals surface area (Å²) in [5.74, 6) is 2.02. The number of amides is 1. The Balaban J connectivity index is 1.77. The molecule has 2 atom stereocenters. The van der Waals surface area contributed by atoms with Crippen LogP contribution in [0.15, 0.2) is 42.5 Å². The molecule has 0 bridgehead atoms. The third-order valence-corrected chi connectivity index (χ3v) is 4.92. The zero-order valence-electron chi connectivity index (χ0n) is 17.2. The second-order valence-electron chi connectivity index (χ2n) is 7.86. The molecule has 5 nitrogen and oxygen atoms in total. The minimum atomic E-state index is -0.577. The van der Waals surface area contributed by atoms with Crippen LogP contribution < -0.4 is 19.5 Å². The maximum Gasteiger partial charge on any atom is 0.261 e. The van der Waals surface area contributed by atoms with E-state index >= 15 is 0 Å². The predicted octanol–water partition coefficient (Wildman–Crippen LogP) is 4.58. The molecule has 1 aliphatic heterocycles. The molecule has 28 heavy (non-hydrogen) atoms. The van der Waals surface area contributed by atoms with Gasteiger partial charge < -0.3 is 19.5 Å². The fraction of sp³-hybridized carbons (Fsp3) is 0.435. The first-order valence-electron chi connectivity index (χ1n) is 9.72. The number of fused-ring (bicyclic) bond motifs is 1. The summed E-state index contributed by atoms with van der Waals surface area (Å²) in [7, 11) is 1.61. The lowest BCUT2D eigenvalue weighted by Crippen LogP contribution is -2.45. The van der Waals surface area contributed by atoms with E-state index in [2.05, 4.69) is 11.4 Å². The van der Waals surface area contributed by atoms with Crippen LogP contribution in [0.5, 0.6) is 17.2 Å². The van der Waals surface area contributed by atoms with Crippen LogP contribution in [0.1, 0.15) is 50.8 Å². The summed E-state index contributed by atoms with van der Waals surface area (Å²) in [6.07, 6.45) is 0.688. The van der Waals surface area contributed by atoms with E-state index in [1.54, 1.807) is 13.2 Å². The normalized spacial score (nSPS) is 18.4. The summed E-state index contributed by atoms with van der Waals surface area (Å²) >= 11 is 0. The van der Waals surface area contributed by atoms with Crippen molar-refractivity contribution < 1.29 is 19.0 Å². The number of rotatable bonds is 6. The largest absolute Gasteiger partial charge is 0.497 e. The minimum absolute atomic E-state index is 0.117. The Labute approximate surface area is 167 Å². The summed E-state index contributed by atoms with van der Waals surface area (Å²) in [6, 6.07) is 13.3. The van der Waals surface area contributed by atoms with Crippen molar-refractivity contribution in [1.29, 1.82) is 0 Å². The van der Waals surface area contributed by atoms with E-state index in [0.717, 1.165) is 16.9 Å². The van der Waals surface area contributed by atoms with Crippen molar-refractivity contribution >= 4 is 5.91 Å². The van der Waals surface area contributed by atoms with Crippen LogP contribution in [0.4, 0.5) is 0 Å². The Bertz CT molecular complexity index is 846. The van der Waals surface area contributed by atoms with Crippen molar-refractivity contribution in [2.75, 3.05) is 7.11 Å². The number of benzene rings is 2. The van der Waals surface area contributed by atoms with Crippen LogP contribution in [-0.2, 0) is 4.79 Å². The summed E-state index contributed by atoms with van der Waals surface area (Å²) in [5, 5.41) is 3.18. The minimum Gasteiger partial charge on any atom is -0.497 e. The van der Waals surface area contributed by atoms with Gasteiger partial charge in [0.2, 0.25) is 0 Å². The first-order valence-corrected chi connectivity index (χ1v) is 9.72. The molecule has 1 amide bonds. The highest BCUT2D eigenvalue weighted by molar-refractivity contribution is 5.81. The summed E-state index contributed by atoms with van der Waals surface area (Å²) < 4.78 is 17.3. The Morgan fingerprint density at radius 2 is 2.00 bits per heavy atom. The van der Waals surface area contributed by atoms with Gasteiger partial charge in [0.25, 0.3) is 5.91 Å². The standard InChI is InChI=1S/C23H29NO4/c1-6-20(27-17-9-7-8-16(13-17)26-5)22(25)24-19-14-23(3,4)28-21-11-10-15(2)12-18(19)21/h7-13,19-20H,6,14H2,1-5H3,(H,24,25). The molecule has 1 heterocycles. The molecule has 1 N–H and O–H groups in total. The third kappa shape index (κ3) is 4.58. The highest BCUT2D eigenvalue weighted by Crippen LogP contribution is 2.40. The van der Waals surface area contributed by atoms with Crippen LogP contribution in [0.25, 0.3) is 0 Å². The molecule has 3 rings (SSSR count). The number of nitrogens with one attached hydrogen (secondary N) is 1. The highest BCUT2D eigenvalue weighted by Gasteiger charge is 2.35. The lowest BCUT2D eigenvalue weighted by atomic mass is 9.88. The number of methoxy groups -OCH3 is 1. The average Bonchev–Trinajstić information content (AvgIpc) is 2.66. The van der Waals surface area contributed by atoms with Gasteiger partial charge >= 0.3 is 0 Å². The smallest absolute Gasteiger partial charge is 0.261 e. The molecule has 0 fully saturated rings. The van der Waals surface area contributed by atoms with Gasteiger partial charge in [0, 0.05) is 18.1 Å². The van der Waals surface area contributed by atoms with Crippen LogP contribution in [0.2, 0.25) is 0 Å². The number of ether oxygens (including phenoxy) is 3. The zero-order valence-corrected chi connectivity index (χ0v) is 17.2. The van der Waals surface area contributed by atoms with Gasteiger partial charge in [-0.25, -0.2) is 0 Å². The molecule has 0 radical (unpaired) electrons. The number of carbonyl (C=O) groups is 1. The number of hydrogen-bond donors (Lipinski definition) is 1. The SMILES string of the molecule is CCC(Oc1cccc(OC)c1)C(=O)NC1CC(C)(C)Oc2ccc(C)cc21. The maximum atomic E-state index is 13.0. The number of carbonyl (C=O) groups excluding carboxylic acids is 1. The van der Waals surface area contributed by atoms with Crippen LogP contribution >= 0.6 is 0 Å². The molecule has 150 valence electrons. The maximum absolute atomic E-state index is 13.0. The Hall–Kier alpha value is -2.69. The van der Waals surface area contributed by atoms with E-state index < -0.39 is 6.10 Å². The molecular weight excluding hydrogens is 354 g/mol. The molecule has 0 saturated carbocycles. The summed E-state index contributed by atoms with van der Waals surface area (Å²) in [6.45, 7) is 8.06. The van der Waals surface area contributed by atoms with Gasteiger partial charge in [-0.1, -0.05) is 30.7 Å². The summed E-state index contributed by atoms with van der Waals surface area (Å²) in [5.41, 5.74) is 1.81. The van der Waals surface area contributed by atoms with Gasteiger partial charge in [-0.15, -0.1) is 0 Å². The van der Waals surface area contributed by atoms with Crippen molar-refractivity contribution in [3.63, 3.8) is 0 Å². The lowest BCUT2D eigenvalue weighted by Gasteiger charge is -2.38. The molecule has 0 aromatic heterocycles. The number of aryl methyl sites for hydroxylation is 1. The van der Waals surface area contributed by atoms with E-state index in [1.807, 2.05) is 58.0 Å². The predicted molar refractivity (Wildman–Crippen MR) is 109 cm³/mol. The molecule has 0 spiro atoms. The van der Waals surface area contributed by atoms with Crippen LogP contribution in [0.3, 0.4) is 0 Å². The molecule has 2 unspecified atom stereocenters. The van der Waals surface area contributed by atoms with Crippen molar-refractivity contribution in [3.05, 3.63) is 53.6 Å². The monoisotopic (exact) mass is 383 g/mol. The first kappa shape index (κ1) is 20.1. The van der Waals surface area contributed by atoms with Gasteiger partial charge in [0.05, 0.1) is 13.2 Å². The molecule has 2 aromatic carbocycles. The molecule has 0 aliphatic carbocycles. The van der Waals surface area contributed by atoms with Crippen LogP contribution in [0, 0.1) is 6.92 Å². The third-order valence-electron chi connectivity index (χ3n) is 4.92. The van der Waals surface area contributed by atoms with E-state index in [1.165, 1.54) is 0 Å². The van der Waals surface area contributed by atoms with Crippen molar-refractivity contribution in [1.82, 2.24) is 5.32 Å². The van der Waals surface area contributed by atoms with Crippen molar-refractivity contribution in [2.24, 2.45) is 0 Å².